The fourth-order valence-corrected chi connectivity index (χ4v) is 1.03. The molecule has 2 rings (SSSR count). The van der Waals surface area contributed by atoms with E-state index in [1.165, 1.54) is 6.20 Å². The Morgan fingerprint density at radius 2 is 2.36 bits per heavy atom. The van der Waals surface area contributed by atoms with Crippen LogP contribution in [0.2, 0.25) is 0 Å². The molecule has 0 unspecified atom stereocenters. The van der Waals surface area contributed by atoms with Crippen molar-refractivity contribution in [2.45, 2.75) is 6.92 Å². The molecule has 0 aliphatic carbocycles. The number of aryl methyl sites for hydroxylation is 1. The minimum Gasteiger partial charge on any atom is -0.304 e. The molecule has 0 atom stereocenters. The lowest BCUT2D eigenvalue weighted by molar-refractivity contribution is 0.610. The second-order valence-corrected chi connectivity index (χ2v) is 2.50. The number of nitrogens with zero attached hydrogens (tertiary/aromatic N) is 2. The number of hydrogen-bond donors (Lipinski definition) is 0. The third-order valence-electron chi connectivity index (χ3n) is 1.67. The number of aromatic nitrogens is 2. The molecular formula is C8H7FN2. The Bertz CT molecular complexity index is 356. The summed E-state index contributed by atoms with van der Waals surface area (Å²) in [5.41, 5.74) is 1.41. The van der Waals surface area contributed by atoms with Gasteiger partial charge in [0.15, 0.2) is 0 Å². The Morgan fingerprint density at radius 3 is 3.18 bits per heavy atom. The van der Waals surface area contributed by atoms with Gasteiger partial charge < -0.3 is 4.40 Å². The van der Waals surface area contributed by atoms with Gasteiger partial charge in [0.05, 0.1) is 0 Å². The second-order valence-electron chi connectivity index (χ2n) is 2.50. The lowest BCUT2D eigenvalue weighted by Crippen LogP contribution is -1.88. The normalized spacial score (nSPS) is 10.7. The third kappa shape index (κ3) is 0.888. The van der Waals surface area contributed by atoms with Crippen LogP contribution in [0.25, 0.3) is 5.65 Å². The zero-order valence-electron chi connectivity index (χ0n) is 6.08. The molecule has 0 spiro atoms. The molecule has 0 fully saturated rings. The van der Waals surface area contributed by atoms with Crippen molar-refractivity contribution in [3.05, 3.63) is 36.0 Å². The van der Waals surface area contributed by atoms with Crippen LogP contribution in [0.15, 0.2) is 24.7 Å². The standard InChI is InChI=1S/C8H7FN2/c1-6-4-8-10-2-3-11(8)5-7(6)9/h2-5H,1H3. The van der Waals surface area contributed by atoms with Gasteiger partial charge in [-0.05, 0) is 18.6 Å². The maximum Gasteiger partial charge on any atom is 0.142 e. The maximum atomic E-state index is 12.9. The SMILES string of the molecule is Cc1cc2nccn2cc1F. The topological polar surface area (TPSA) is 17.3 Å². The number of pyridine rings is 1. The van der Waals surface area contributed by atoms with E-state index >= 15 is 0 Å². The largest absolute Gasteiger partial charge is 0.304 e. The van der Waals surface area contributed by atoms with Crippen LogP contribution in [0.1, 0.15) is 5.56 Å². The molecule has 0 amide bonds. The summed E-state index contributed by atoms with van der Waals surface area (Å²) in [7, 11) is 0. The predicted molar refractivity (Wildman–Crippen MR) is 39.9 cm³/mol. The lowest BCUT2D eigenvalue weighted by atomic mass is 10.3. The van der Waals surface area contributed by atoms with Gasteiger partial charge in [-0.15, -0.1) is 0 Å². The molecule has 11 heavy (non-hydrogen) atoms. The maximum absolute atomic E-state index is 12.9. The molecule has 3 heteroatoms. The molecule has 0 radical (unpaired) electrons. The Hall–Kier alpha value is -1.38. The highest BCUT2D eigenvalue weighted by molar-refractivity contribution is 5.41. The van der Waals surface area contributed by atoms with Crippen LogP contribution in [0.4, 0.5) is 4.39 Å². The molecule has 0 N–H and O–H groups in total. The average Bonchev–Trinajstić information content (AvgIpc) is 2.36. The van der Waals surface area contributed by atoms with Crippen molar-refractivity contribution in [2.24, 2.45) is 0 Å². The third-order valence-corrected chi connectivity index (χ3v) is 1.67. The number of rotatable bonds is 0. The number of imidazole rings is 1. The van der Waals surface area contributed by atoms with Crippen molar-refractivity contribution < 1.29 is 4.39 Å². The molecule has 56 valence electrons. The Kier molecular flexibility index (Phi) is 1.18. The minimum absolute atomic E-state index is 0.199. The van der Waals surface area contributed by atoms with Gasteiger partial charge in [0.25, 0.3) is 0 Å². The van der Waals surface area contributed by atoms with E-state index in [2.05, 4.69) is 4.98 Å². The number of fused-ring (bicyclic) bond motifs is 1. The van der Waals surface area contributed by atoms with Crippen LogP contribution in [0, 0.1) is 12.7 Å². The van der Waals surface area contributed by atoms with E-state index in [-0.39, 0.29) is 5.82 Å². The molecule has 2 aromatic heterocycles. The molecule has 2 heterocycles. The average molecular weight is 150 g/mol. The van der Waals surface area contributed by atoms with Crippen LogP contribution < -0.4 is 0 Å². The van der Waals surface area contributed by atoms with Gasteiger partial charge >= 0.3 is 0 Å². The zero-order chi connectivity index (χ0) is 7.84. The first-order chi connectivity index (χ1) is 5.27. The quantitative estimate of drug-likeness (QED) is 0.559. The Balaban J connectivity index is 2.86. The van der Waals surface area contributed by atoms with Crippen molar-refractivity contribution in [3.8, 4) is 0 Å². The summed E-state index contributed by atoms with van der Waals surface area (Å²) >= 11 is 0. The van der Waals surface area contributed by atoms with E-state index in [1.807, 2.05) is 0 Å². The van der Waals surface area contributed by atoms with Crippen LogP contribution >= 0.6 is 0 Å². The van der Waals surface area contributed by atoms with E-state index < -0.39 is 0 Å². The van der Waals surface area contributed by atoms with Gasteiger partial charge in [-0.3, -0.25) is 0 Å². The first-order valence-corrected chi connectivity index (χ1v) is 3.36. The van der Waals surface area contributed by atoms with Gasteiger partial charge in [-0.1, -0.05) is 0 Å². The highest BCUT2D eigenvalue weighted by atomic mass is 19.1. The molecule has 2 aromatic rings. The summed E-state index contributed by atoms with van der Waals surface area (Å²) in [5, 5.41) is 0. The smallest absolute Gasteiger partial charge is 0.142 e. The van der Waals surface area contributed by atoms with Gasteiger partial charge in [-0.25, -0.2) is 9.37 Å². The highest BCUT2D eigenvalue weighted by Crippen LogP contribution is 2.08. The molecule has 0 bridgehead atoms. The molecule has 0 saturated heterocycles. The fourth-order valence-electron chi connectivity index (χ4n) is 1.03. The van der Waals surface area contributed by atoms with Gasteiger partial charge in [0.1, 0.15) is 11.5 Å². The van der Waals surface area contributed by atoms with Gasteiger partial charge in [-0.2, -0.15) is 0 Å². The van der Waals surface area contributed by atoms with Crippen molar-refractivity contribution in [1.29, 1.82) is 0 Å². The van der Waals surface area contributed by atoms with E-state index in [0.29, 0.717) is 5.56 Å². The van der Waals surface area contributed by atoms with Crippen molar-refractivity contribution in [3.63, 3.8) is 0 Å². The molecular weight excluding hydrogens is 143 g/mol. The summed E-state index contributed by atoms with van der Waals surface area (Å²) in [6.45, 7) is 1.73. The predicted octanol–water partition coefficient (Wildman–Crippen LogP) is 1.78. The molecule has 0 aliphatic rings. The lowest BCUT2D eigenvalue weighted by Gasteiger charge is -1.96. The Morgan fingerprint density at radius 1 is 1.55 bits per heavy atom. The van der Waals surface area contributed by atoms with E-state index in [9.17, 15) is 4.39 Å². The van der Waals surface area contributed by atoms with Crippen LogP contribution in [0.3, 0.4) is 0 Å². The second kappa shape index (κ2) is 2.05. The zero-order valence-corrected chi connectivity index (χ0v) is 6.08. The van der Waals surface area contributed by atoms with Gasteiger partial charge in [0.2, 0.25) is 0 Å². The van der Waals surface area contributed by atoms with E-state index in [1.54, 1.807) is 29.8 Å². The van der Waals surface area contributed by atoms with Gasteiger partial charge in [0, 0.05) is 18.6 Å². The Labute approximate surface area is 63.3 Å². The van der Waals surface area contributed by atoms with Crippen LogP contribution in [-0.2, 0) is 0 Å². The van der Waals surface area contributed by atoms with E-state index in [0.717, 1.165) is 5.65 Å². The number of hydrogen-bond acceptors (Lipinski definition) is 1. The first-order valence-electron chi connectivity index (χ1n) is 3.36. The fraction of sp³-hybridized carbons (Fsp3) is 0.125. The van der Waals surface area contributed by atoms with Crippen molar-refractivity contribution >= 4 is 5.65 Å². The highest BCUT2D eigenvalue weighted by Gasteiger charge is 1.99. The summed E-state index contributed by atoms with van der Waals surface area (Å²) in [6, 6.07) is 1.72. The van der Waals surface area contributed by atoms with Crippen LogP contribution in [0.5, 0.6) is 0 Å². The van der Waals surface area contributed by atoms with Crippen molar-refractivity contribution in [2.75, 3.05) is 0 Å². The number of halogens is 1. The minimum atomic E-state index is -0.199. The van der Waals surface area contributed by atoms with Crippen LogP contribution in [-0.4, -0.2) is 9.38 Å². The summed E-state index contributed by atoms with van der Waals surface area (Å²) in [4.78, 5) is 4.02. The monoisotopic (exact) mass is 150 g/mol. The molecule has 0 aromatic carbocycles. The van der Waals surface area contributed by atoms with Crippen molar-refractivity contribution in [1.82, 2.24) is 9.38 Å². The van der Waals surface area contributed by atoms with E-state index in [4.69, 9.17) is 0 Å². The first kappa shape index (κ1) is 6.34. The molecule has 0 aliphatic heterocycles. The summed E-state index contributed by atoms with van der Waals surface area (Å²) in [5.74, 6) is -0.199. The molecule has 0 saturated carbocycles. The summed E-state index contributed by atoms with van der Waals surface area (Å²) < 4.78 is 14.5. The molecule has 2 nitrogen and oxygen atoms in total. The summed E-state index contributed by atoms with van der Waals surface area (Å²) in [6.07, 6.45) is 4.80.